The molecule has 0 fully saturated rings. The van der Waals surface area contributed by atoms with Crippen LogP contribution in [0, 0.1) is 0 Å². The van der Waals surface area contributed by atoms with Crippen LogP contribution >= 0.6 is 11.6 Å². The van der Waals surface area contributed by atoms with Crippen molar-refractivity contribution < 1.29 is 4.79 Å². The zero-order valence-corrected chi connectivity index (χ0v) is 14.2. The number of nitrogens with one attached hydrogen (secondary N) is 3. The lowest BCUT2D eigenvalue weighted by atomic mass is 10.2. The van der Waals surface area contributed by atoms with Gasteiger partial charge in [-0.1, -0.05) is 23.7 Å². The van der Waals surface area contributed by atoms with E-state index in [1.54, 1.807) is 12.1 Å². The number of carbonyl (C=O) groups is 1. The van der Waals surface area contributed by atoms with Crippen molar-refractivity contribution in [2.75, 3.05) is 0 Å². The van der Waals surface area contributed by atoms with Gasteiger partial charge in [0.15, 0.2) is 5.65 Å². The van der Waals surface area contributed by atoms with E-state index >= 15 is 0 Å². The number of aryl methyl sites for hydroxylation is 2. The minimum absolute atomic E-state index is 0.150. The molecule has 0 spiro atoms. The van der Waals surface area contributed by atoms with Gasteiger partial charge in [-0.05, 0) is 17.7 Å². The number of imidazole rings is 1. The second-order valence-electron chi connectivity index (χ2n) is 5.61. The second-order valence-corrected chi connectivity index (χ2v) is 6.04. The van der Waals surface area contributed by atoms with E-state index in [4.69, 9.17) is 11.6 Å². The molecule has 2 heterocycles. The van der Waals surface area contributed by atoms with Crippen LogP contribution in [0.5, 0.6) is 0 Å². The predicted octanol–water partition coefficient (Wildman–Crippen LogP) is 0.852. The van der Waals surface area contributed by atoms with Crippen LogP contribution in [-0.4, -0.2) is 25.4 Å². The monoisotopic (exact) mass is 361 g/mol. The Morgan fingerprint density at radius 2 is 2.12 bits per heavy atom. The maximum absolute atomic E-state index is 12.0. The summed E-state index contributed by atoms with van der Waals surface area (Å²) in [6, 6.07) is 7.25. The maximum Gasteiger partial charge on any atom is 0.329 e. The molecule has 25 heavy (non-hydrogen) atoms. The summed E-state index contributed by atoms with van der Waals surface area (Å²) in [5, 5.41) is 3.42. The summed E-state index contributed by atoms with van der Waals surface area (Å²) in [6.07, 6.45) is 0.524. The fourth-order valence-corrected chi connectivity index (χ4v) is 2.65. The molecule has 0 atom stereocenters. The van der Waals surface area contributed by atoms with Crippen LogP contribution in [0.4, 0.5) is 0 Å². The molecule has 130 valence electrons. The first kappa shape index (κ1) is 17.0. The first-order chi connectivity index (χ1) is 11.9. The quantitative estimate of drug-likeness (QED) is 0.625. The number of aromatic nitrogens is 4. The molecule has 3 aromatic rings. The summed E-state index contributed by atoms with van der Waals surface area (Å²) in [6.45, 7) is 0.383. The fraction of sp³-hybridized carbons (Fsp3) is 0.250. The lowest BCUT2D eigenvalue weighted by Crippen LogP contribution is -2.28. The molecule has 3 rings (SSSR count). The van der Waals surface area contributed by atoms with E-state index in [1.807, 2.05) is 12.1 Å². The van der Waals surface area contributed by atoms with Gasteiger partial charge in [0.2, 0.25) is 5.91 Å². The fourth-order valence-electron chi connectivity index (χ4n) is 2.44. The van der Waals surface area contributed by atoms with Gasteiger partial charge >= 0.3 is 5.69 Å². The molecule has 1 aromatic carbocycles. The lowest BCUT2D eigenvalue weighted by molar-refractivity contribution is -0.121. The molecule has 8 nitrogen and oxygen atoms in total. The van der Waals surface area contributed by atoms with Crippen molar-refractivity contribution in [3.63, 3.8) is 0 Å². The molecule has 0 saturated carbocycles. The van der Waals surface area contributed by atoms with Crippen molar-refractivity contribution in [2.45, 2.75) is 19.4 Å². The number of fused-ring (bicyclic) bond motifs is 1. The number of hydrogen-bond donors (Lipinski definition) is 3. The molecule has 0 aliphatic carbocycles. The summed E-state index contributed by atoms with van der Waals surface area (Å²) in [4.78, 5) is 44.6. The number of benzene rings is 1. The third-order valence-corrected chi connectivity index (χ3v) is 4.01. The van der Waals surface area contributed by atoms with Crippen molar-refractivity contribution in [1.29, 1.82) is 0 Å². The zero-order valence-electron chi connectivity index (χ0n) is 13.4. The number of carbonyl (C=O) groups excluding carboxylic acids is 1. The Morgan fingerprint density at radius 3 is 2.88 bits per heavy atom. The summed E-state index contributed by atoms with van der Waals surface area (Å²) >= 11 is 5.90. The van der Waals surface area contributed by atoms with Crippen molar-refractivity contribution in [3.05, 3.63) is 61.5 Å². The standard InChI is InChI=1S/C16H16ClN5O3/c1-22-14-13(15(24)21-16(22)25)19-11(20-14)5-6-12(23)18-8-9-3-2-4-10(17)7-9/h2-4,7H,5-6,8H2,1H3,(H,18,23)(H,19,20)(H,21,24,25). The normalized spacial score (nSPS) is 11.0. The number of H-pyrrole nitrogens is 2. The van der Waals surface area contributed by atoms with Gasteiger partial charge in [-0.3, -0.25) is 19.1 Å². The number of aromatic amines is 2. The lowest BCUT2D eigenvalue weighted by Gasteiger charge is -2.05. The van der Waals surface area contributed by atoms with Crippen LogP contribution < -0.4 is 16.6 Å². The Kier molecular flexibility index (Phi) is 4.71. The predicted molar refractivity (Wildman–Crippen MR) is 93.6 cm³/mol. The van der Waals surface area contributed by atoms with Gasteiger partial charge in [0.1, 0.15) is 11.3 Å². The minimum Gasteiger partial charge on any atom is -0.352 e. The van der Waals surface area contributed by atoms with E-state index in [0.29, 0.717) is 23.8 Å². The van der Waals surface area contributed by atoms with E-state index in [-0.39, 0.29) is 23.5 Å². The second kappa shape index (κ2) is 6.94. The average Bonchev–Trinajstić information content (AvgIpc) is 3.01. The van der Waals surface area contributed by atoms with Crippen LogP contribution in [-0.2, 0) is 24.8 Å². The first-order valence-electron chi connectivity index (χ1n) is 7.63. The minimum atomic E-state index is -0.533. The number of hydrogen-bond acceptors (Lipinski definition) is 4. The molecule has 0 bridgehead atoms. The first-order valence-corrected chi connectivity index (χ1v) is 8.01. The molecule has 3 N–H and O–H groups in total. The number of rotatable bonds is 5. The van der Waals surface area contributed by atoms with Gasteiger partial charge < -0.3 is 10.3 Å². The van der Waals surface area contributed by atoms with Gasteiger partial charge in [0.05, 0.1) is 0 Å². The van der Waals surface area contributed by atoms with E-state index in [1.165, 1.54) is 11.6 Å². The highest BCUT2D eigenvalue weighted by molar-refractivity contribution is 6.30. The van der Waals surface area contributed by atoms with Gasteiger partial charge in [0, 0.05) is 31.5 Å². The average molecular weight is 362 g/mol. The zero-order chi connectivity index (χ0) is 18.0. The Hall–Kier alpha value is -2.87. The SMILES string of the molecule is Cn1c(=O)[nH]c(=O)c2[nH]c(CCC(=O)NCc3cccc(Cl)c3)nc21. The number of halogens is 1. The van der Waals surface area contributed by atoms with E-state index in [0.717, 1.165) is 5.56 Å². The third-order valence-electron chi connectivity index (χ3n) is 3.77. The van der Waals surface area contributed by atoms with Gasteiger partial charge in [-0.15, -0.1) is 0 Å². The summed E-state index contributed by atoms with van der Waals surface area (Å²) in [5.74, 6) is 0.322. The van der Waals surface area contributed by atoms with E-state index < -0.39 is 11.2 Å². The van der Waals surface area contributed by atoms with Crippen LogP contribution in [0.3, 0.4) is 0 Å². The molecule has 1 amide bonds. The smallest absolute Gasteiger partial charge is 0.329 e. The highest BCUT2D eigenvalue weighted by atomic mass is 35.5. The van der Waals surface area contributed by atoms with Gasteiger partial charge in [0.25, 0.3) is 5.56 Å². The van der Waals surface area contributed by atoms with Gasteiger partial charge in [-0.25, -0.2) is 9.78 Å². The summed E-state index contributed by atoms with van der Waals surface area (Å²) in [5.41, 5.74) is 0.336. The molecule has 2 aromatic heterocycles. The van der Waals surface area contributed by atoms with E-state index in [2.05, 4.69) is 20.3 Å². The molecular weight excluding hydrogens is 346 g/mol. The Balaban J connectivity index is 1.63. The molecular formula is C16H16ClN5O3. The van der Waals surface area contributed by atoms with Crippen LogP contribution in [0.2, 0.25) is 5.02 Å². The highest BCUT2D eigenvalue weighted by Gasteiger charge is 2.12. The van der Waals surface area contributed by atoms with Crippen LogP contribution in [0.1, 0.15) is 17.8 Å². The molecule has 0 aliphatic heterocycles. The summed E-state index contributed by atoms with van der Waals surface area (Å²) < 4.78 is 1.25. The van der Waals surface area contributed by atoms with Crippen LogP contribution in [0.15, 0.2) is 33.9 Å². The Morgan fingerprint density at radius 1 is 1.32 bits per heavy atom. The Labute approximate surface area is 146 Å². The van der Waals surface area contributed by atoms with Crippen molar-refractivity contribution in [3.8, 4) is 0 Å². The van der Waals surface area contributed by atoms with Crippen molar-refractivity contribution in [2.24, 2.45) is 7.05 Å². The molecule has 0 unspecified atom stereocenters. The topological polar surface area (TPSA) is 113 Å². The third kappa shape index (κ3) is 3.80. The maximum atomic E-state index is 12.0. The van der Waals surface area contributed by atoms with E-state index in [9.17, 15) is 14.4 Å². The Bertz CT molecular complexity index is 1050. The molecule has 0 aliphatic rings. The molecule has 0 saturated heterocycles. The van der Waals surface area contributed by atoms with Gasteiger partial charge in [-0.2, -0.15) is 0 Å². The number of amides is 1. The molecule has 9 heteroatoms. The van der Waals surface area contributed by atoms with Crippen LogP contribution in [0.25, 0.3) is 11.2 Å². The largest absolute Gasteiger partial charge is 0.352 e. The molecule has 0 radical (unpaired) electrons. The van der Waals surface area contributed by atoms with Crippen molar-refractivity contribution >= 4 is 28.7 Å². The van der Waals surface area contributed by atoms with Crippen molar-refractivity contribution in [1.82, 2.24) is 24.8 Å². The summed E-state index contributed by atoms with van der Waals surface area (Å²) in [7, 11) is 1.52. The highest BCUT2D eigenvalue weighted by Crippen LogP contribution is 2.10. The number of nitrogens with zero attached hydrogens (tertiary/aromatic N) is 2.